The van der Waals surface area contributed by atoms with E-state index >= 15 is 0 Å². The summed E-state index contributed by atoms with van der Waals surface area (Å²) < 4.78 is 34.8. The van der Waals surface area contributed by atoms with E-state index in [1.165, 1.54) is 24.1 Å². The minimum absolute atomic E-state index is 0.0170. The van der Waals surface area contributed by atoms with E-state index in [0.29, 0.717) is 11.4 Å². The zero-order chi connectivity index (χ0) is 32.4. The van der Waals surface area contributed by atoms with Crippen molar-refractivity contribution in [2.75, 3.05) is 18.0 Å². The molecule has 0 heterocycles. The molecule has 0 aliphatic heterocycles. The zero-order valence-electron chi connectivity index (χ0n) is 25.6. The van der Waals surface area contributed by atoms with Crippen molar-refractivity contribution in [3.05, 3.63) is 125 Å². The molecule has 0 aliphatic rings. The van der Waals surface area contributed by atoms with Crippen LogP contribution < -0.4 is 14.4 Å². The summed E-state index contributed by atoms with van der Waals surface area (Å²) in [5, 5.41) is 3.56. The molecule has 45 heavy (non-hydrogen) atoms. The maximum absolute atomic E-state index is 14.5. The average Bonchev–Trinajstić information content (AvgIpc) is 3.06. The largest absolute Gasteiger partial charge is 0.495 e. The molecule has 236 valence electrons. The van der Waals surface area contributed by atoms with Crippen LogP contribution in [0.15, 0.2) is 114 Å². The number of methoxy groups -OCH3 is 1. The molecule has 0 radical (unpaired) electrons. The lowest BCUT2D eigenvalue weighted by atomic mass is 10.0. The first-order valence-electron chi connectivity index (χ1n) is 14.7. The zero-order valence-corrected chi connectivity index (χ0v) is 27.2. The van der Waals surface area contributed by atoms with Gasteiger partial charge in [-0.3, -0.25) is 13.9 Å². The fourth-order valence-electron chi connectivity index (χ4n) is 4.85. The van der Waals surface area contributed by atoms with Crippen LogP contribution in [0, 0.1) is 0 Å². The van der Waals surface area contributed by atoms with Gasteiger partial charge < -0.3 is 15.0 Å². The molecule has 0 spiro atoms. The van der Waals surface area contributed by atoms with Crippen molar-refractivity contribution >= 4 is 39.1 Å². The van der Waals surface area contributed by atoms with Crippen LogP contribution in [0.1, 0.15) is 31.4 Å². The SMILES string of the molecule is CC[C@H](C)NC(=O)[C@H](Cc1ccccc1)N(Cc1ccc(Cl)cc1)C(=O)CN(c1ccccc1OC)S(=O)(=O)c1ccccc1. The normalized spacial score (nSPS) is 12.5. The number of hydrogen-bond donors (Lipinski definition) is 1. The van der Waals surface area contributed by atoms with E-state index < -0.39 is 28.5 Å². The minimum atomic E-state index is -4.23. The average molecular weight is 648 g/mol. The standard InChI is InChI=1S/C35H38ClN3O5S/c1-4-26(2)37-35(41)32(23-27-13-7-5-8-14-27)38(24-28-19-21-29(36)22-20-28)34(40)25-39(31-17-11-12-18-33(31)44-3)45(42,43)30-15-9-6-10-16-30/h5-22,26,32H,4,23-25H2,1-3H3,(H,37,41)/t26-,32-/m0/s1. The molecule has 1 N–H and O–H groups in total. The molecule has 4 rings (SSSR count). The third-order valence-electron chi connectivity index (χ3n) is 7.50. The quantitative estimate of drug-likeness (QED) is 0.179. The minimum Gasteiger partial charge on any atom is -0.495 e. The Hall–Kier alpha value is -4.34. The predicted molar refractivity (Wildman–Crippen MR) is 178 cm³/mol. The number of ether oxygens (including phenoxy) is 1. The number of carbonyl (C=O) groups is 2. The van der Waals surface area contributed by atoms with Crippen molar-refractivity contribution in [1.29, 1.82) is 0 Å². The number of amides is 2. The van der Waals surface area contributed by atoms with Crippen molar-refractivity contribution in [3.8, 4) is 5.75 Å². The van der Waals surface area contributed by atoms with Crippen LogP contribution in [-0.2, 0) is 32.6 Å². The number of carbonyl (C=O) groups excluding carboxylic acids is 2. The first-order valence-corrected chi connectivity index (χ1v) is 16.5. The highest BCUT2D eigenvalue weighted by Gasteiger charge is 2.35. The summed E-state index contributed by atoms with van der Waals surface area (Å²) in [5.41, 5.74) is 1.79. The van der Waals surface area contributed by atoms with Gasteiger partial charge in [-0.25, -0.2) is 8.42 Å². The summed E-state index contributed by atoms with van der Waals surface area (Å²) in [4.78, 5) is 29.9. The van der Waals surface area contributed by atoms with E-state index in [1.54, 1.807) is 66.7 Å². The van der Waals surface area contributed by atoms with E-state index in [0.717, 1.165) is 15.4 Å². The monoisotopic (exact) mass is 647 g/mol. The lowest BCUT2D eigenvalue weighted by molar-refractivity contribution is -0.140. The fraction of sp³-hybridized carbons (Fsp3) is 0.257. The summed E-state index contributed by atoms with van der Waals surface area (Å²) in [7, 11) is -2.79. The summed E-state index contributed by atoms with van der Waals surface area (Å²) >= 11 is 6.15. The van der Waals surface area contributed by atoms with E-state index in [4.69, 9.17) is 16.3 Å². The number of para-hydroxylation sites is 2. The van der Waals surface area contributed by atoms with Gasteiger partial charge in [0.1, 0.15) is 18.3 Å². The van der Waals surface area contributed by atoms with Crippen LogP contribution in [0.5, 0.6) is 5.75 Å². The number of nitrogens with one attached hydrogen (secondary N) is 1. The number of halogens is 1. The lowest BCUT2D eigenvalue weighted by Gasteiger charge is -2.34. The Morgan fingerprint density at radius 3 is 2.07 bits per heavy atom. The smallest absolute Gasteiger partial charge is 0.264 e. The van der Waals surface area contributed by atoms with Gasteiger partial charge in [-0.1, -0.05) is 91.3 Å². The molecule has 0 saturated heterocycles. The van der Waals surface area contributed by atoms with Crippen molar-refractivity contribution in [2.24, 2.45) is 0 Å². The first-order chi connectivity index (χ1) is 21.6. The number of hydrogen-bond acceptors (Lipinski definition) is 5. The fourth-order valence-corrected chi connectivity index (χ4v) is 6.42. The summed E-state index contributed by atoms with van der Waals surface area (Å²) in [6.45, 7) is 3.34. The van der Waals surface area contributed by atoms with Crippen LogP contribution in [0.3, 0.4) is 0 Å². The predicted octanol–water partition coefficient (Wildman–Crippen LogP) is 6.10. The second-order valence-electron chi connectivity index (χ2n) is 10.7. The highest BCUT2D eigenvalue weighted by atomic mass is 35.5. The Balaban J connectivity index is 1.82. The lowest BCUT2D eigenvalue weighted by Crippen LogP contribution is -2.54. The third kappa shape index (κ3) is 8.65. The first kappa shape index (κ1) is 33.6. The molecule has 4 aromatic rings. The van der Waals surface area contributed by atoms with Crippen LogP contribution in [-0.4, -0.2) is 50.9 Å². The highest BCUT2D eigenvalue weighted by Crippen LogP contribution is 2.32. The van der Waals surface area contributed by atoms with Crippen molar-refractivity contribution in [2.45, 2.75) is 50.2 Å². The highest BCUT2D eigenvalue weighted by molar-refractivity contribution is 7.92. The Labute approximate surface area is 270 Å². The Morgan fingerprint density at radius 2 is 1.44 bits per heavy atom. The van der Waals surface area contributed by atoms with E-state index in [9.17, 15) is 18.0 Å². The number of sulfonamides is 1. The van der Waals surface area contributed by atoms with Crippen LogP contribution in [0.2, 0.25) is 5.02 Å². The second-order valence-corrected chi connectivity index (χ2v) is 13.0. The van der Waals surface area contributed by atoms with Gasteiger partial charge in [0.05, 0.1) is 17.7 Å². The summed E-state index contributed by atoms with van der Waals surface area (Å²) in [6, 6.07) is 29.9. The molecular weight excluding hydrogens is 610 g/mol. The molecule has 10 heteroatoms. The van der Waals surface area contributed by atoms with Crippen molar-refractivity contribution in [3.63, 3.8) is 0 Å². The number of anilines is 1. The van der Waals surface area contributed by atoms with Crippen molar-refractivity contribution in [1.82, 2.24) is 10.2 Å². The maximum Gasteiger partial charge on any atom is 0.264 e. The van der Waals surface area contributed by atoms with Gasteiger partial charge >= 0.3 is 0 Å². The molecule has 2 atom stereocenters. The number of rotatable bonds is 14. The molecule has 2 amide bonds. The van der Waals surface area contributed by atoms with Gasteiger partial charge in [-0.2, -0.15) is 0 Å². The Morgan fingerprint density at radius 1 is 0.844 bits per heavy atom. The number of benzene rings is 4. The molecule has 0 aliphatic carbocycles. The summed E-state index contributed by atoms with van der Waals surface area (Å²) in [6.07, 6.45) is 0.925. The van der Waals surface area contributed by atoms with Gasteiger partial charge in [0, 0.05) is 24.0 Å². The van der Waals surface area contributed by atoms with Crippen LogP contribution >= 0.6 is 11.6 Å². The Bertz CT molecular complexity index is 1670. The Kier molecular flexibility index (Phi) is 11.6. The van der Waals surface area contributed by atoms with Crippen molar-refractivity contribution < 1.29 is 22.7 Å². The van der Waals surface area contributed by atoms with E-state index in [1.807, 2.05) is 44.2 Å². The summed E-state index contributed by atoms with van der Waals surface area (Å²) in [5.74, 6) is -0.606. The molecule has 0 aromatic heterocycles. The molecular formula is C35H38ClN3O5S. The molecule has 4 aromatic carbocycles. The molecule has 0 fully saturated rings. The molecule has 0 bridgehead atoms. The van der Waals surface area contributed by atoms with Gasteiger partial charge in [-0.05, 0) is 60.9 Å². The molecule has 0 unspecified atom stereocenters. The van der Waals surface area contributed by atoms with E-state index in [-0.39, 0.29) is 41.2 Å². The number of nitrogens with zero attached hydrogens (tertiary/aromatic N) is 2. The van der Waals surface area contributed by atoms with E-state index in [2.05, 4.69) is 5.32 Å². The van der Waals surface area contributed by atoms with Gasteiger partial charge in [-0.15, -0.1) is 0 Å². The topological polar surface area (TPSA) is 96.0 Å². The molecule has 8 nitrogen and oxygen atoms in total. The van der Waals surface area contributed by atoms with Gasteiger partial charge in [0.25, 0.3) is 10.0 Å². The molecule has 0 saturated carbocycles. The third-order valence-corrected chi connectivity index (χ3v) is 9.53. The second kappa shape index (κ2) is 15.6. The van der Waals surface area contributed by atoms with Crippen LogP contribution in [0.4, 0.5) is 5.69 Å². The maximum atomic E-state index is 14.5. The van der Waals surface area contributed by atoms with Gasteiger partial charge in [0.15, 0.2) is 0 Å². The van der Waals surface area contributed by atoms with Gasteiger partial charge in [0.2, 0.25) is 11.8 Å². The van der Waals surface area contributed by atoms with Crippen LogP contribution in [0.25, 0.3) is 0 Å².